The quantitative estimate of drug-likeness (QED) is 0.685. The fourth-order valence-electron chi connectivity index (χ4n) is 2.42. The van der Waals surface area contributed by atoms with Gasteiger partial charge in [0.05, 0.1) is 6.10 Å². The summed E-state index contributed by atoms with van der Waals surface area (Å²) in [6.45, 7) is 10.3. The maximum Gasteiger partial charge on any atom is 0.0652 e. The van der Waals surface area contributed by atoms with Crippen LogP contribution in [-0.2, 0) is 4.74 Å². The third-order valence-corrected chi connectivity index (χ3v) is 3.81. The van der Waals surface area contributed by atoms with E-state index in [1.165, 1.54) is 19.3 Å². The molecule has 1 rings (SSSR count). The number of nitrogens with one attached hydrogen (secondary N) is 1. The predicted octanol–water partition coefficient (Wildman–Crippen LogP) is 2.83. The molecule has 15 heavy (non-hydrogen) atoms. The minimum absolute atomic E-state index is 0.312. The molecule has 0 radical (unpaired) electrons. The van der Waals surface area contributed by atoms with Gasteiger partial charge in [-0.15, -0.1) is 0 Å². The molecule has 0 heterocycles. The average Bonchev–Trinajstić information content (AvgIpc) is 2.15. The Labute approximate surface area is 94.8 Å². The average molecular weight is 213 g/mol. The van der Waals surface area contributed by atoms with Gasteiger partial charge >= 0.3 is 0 Å². The summed E-state index contributed by atoms with van der Waals surface area (Å²) in [6, 6.07) is 0.648. The van der Waals surface area contributed by atoms with E-state index in [1.54, 1.807) is 0 Å². The molecule has 0 aliphatic heterocycles. The molecule has 1 aliphatic rings. The van der Waals surface area contributed by atoms with E-state index < -0.39 is 0 Å². The van der Waals surface area contributed by atoms with Crippen LogP contribution in [0.1, 0.15) is 47.0 Å². The second-order valence-electron chi connectivity index (χ2n) is 5.82. The lowest BCUT2D eigenvalue weighted by atomic mass is 9.64. The zero-order chi connectivity index (χ0) is 11.5. The highest BCUT2D eigenvalue weighted by atomic mass is 16.5. The molecular weight excluding hydrogens is 186 g/mol. The molecule has 1 saturated carbocycles. The van der Waals surface area contributed by atoms with Gasteiger partial charge < -0.3 is 10.1 Å². The summed E-state index contributed by atoms with van der Waals surface area (Å²) in [5.74, 6) is 0.827. The molecule has 1 fully saturated rings. The molecule has 1 aliphatic carbocycles. The molecule has 2 unspecified atom stereocenters. The lowest BCUT2D eigenvalue weighted by Crippen LogP contribution is -2.60. The number of hydrogen-bond donors (Lipinski definition) is 1. The lowest BCUT2D eigenvalue weighted by Gasteiger charge is -2.51. The van der Waals surface area contributed by atoms with Crippen molar-refractivity contribution in [2.75, 3.05) is 13.7 Å². The summed E-state index contributed by atoms with van der Waals surface area (Å²) in [7, 11) is 1.82. The van der Waals surface area contributed by atoms with Gasteiger partial charge in [-0.25, -0.2) is 0 Å². The van der Waals surface area contributed by atoms with Crippen LogP contribution in [0.2, 0.25) is 0 Å². The summed E-state index contributed by atoms with van der Waals surface area (Å²) < 4.78 is 5.44. The van der Waals surface area contributed by atoms with Crippen LogP contribution in [0.15, 0.2) is 0 Å². The van der Waals surface area contributed by atoms with E-state index >= 15 is 0 Å². The second kappa shape index (κ2) is 5.31. The Morgan fingerprint density at radius 2 is 2.07 bits per heavy atom. The lowest BCUT2D eigenvalue weighted by molar-refractivity contribution is -0.0973. The van der Waals surface area contributed by atoms with E-state index in [9.17, 15) is 0 Å². The number of rotatable bonds is 6. The molecule has 0 saturated heterocycles. The fraction of sp³-hybridized carbons (Fsp3) is 1.00. The molecule has 0 amide bonds. The molecule has 1 N–H and O–H groups in total. The monoisotopic (exact) mass is 213 g/mol. The first-order valence-corrected chi connectivity index (χ1v) is 6.24. The zero-order valence-corrected chi connectivity index (χ0v) is 11.0. The van der Waals surface area contributed by atoms with Crippen LogP contribution >= 0.6 is 0 Å². The van der Waals surface area contributed by atoms with Crippen molar-refractivity contribution in [3.05, 3.63) is 0 Å². The van der Waals surface area contributed by atoms with E-state index in [4.69, 9.17) is 4.74 Å². The van der Waals surface area contributed by atoms with Crippen LogP contribution in [0, 0.1) is 11.3 Å². The summed E-state index contributed by atoms with van der Waals surface area (Å²) in [5.41, 5.74) is 0.312. The third kappa shape index (κ3) is 3.18. The minimum atomic E-state index is 0.312. The van der Waals surface area contributed by atoms with Crippen molar-refractivity contribution in [3.63, 3.8) is 0 Å². The second-order valence-corrected chi connectivity index (χ2v) is 5.82. The van der Waals surface area contributed by atoms with Crippen LogP contribution in [0.4, 0.5) is 0 Å². The first-order valence-electron chi connectivity index (χ1n) is 6.24. The maximum absolute atomic E-state index is 5.44. The molecule has 2 nitrogen and oxygen atoms in total. The van der Waals surface area contributed by atoms with Crippen LogP contribution < -0.4 is 5.32 Å². The third-order valence-electron chi connectivity index (χ3n) is 3.81. The van der Waals surface area contributed by atoms with Gasteiger partial charge in [0, 0.05) is 18.6 Å². The van der Waals surface area contributed by atoms with Crippen molar-refractivity contribution < 1.29 is 4.74 Å². The number of hydrogen-bond acceptors (Lipinski definition) is 2. The summed E-state index contributed by atoms with van der Waals surface area (Å²) in [4.78, 5) is 0. The molecular formula is C13H27NO. The van der Waals surface area contributed by atoms with Gasteiger partial charge in [0.2, 0.25) is 0 Å². The highest BCUT2D eigenvalue weighted by Gasteiger charge is 2.47. The fourth-order valence-corrected chi connectivity index (χ4v) is 2.42. The van der Waals surface area contributed by atoms with Crippen molar-refractivity contribution in [1.29, 1.82) is 0 Å². The van der Waals surface area contributed by atoms with Crippen molar-refractivity contribution >= 4 is 0 Å². The SMILES string of the molecule is COC1CC(NCCCC(C)C)C1(C)C. The highest BCUT2D eigenvalue weighted by Crippen LogP contribution is 2.42. The molecule has 0 bridgehead atoms. The van der Waals surface area contributed by atoms with E-state index in [0.29, 0.717) is 17.6 Å². The first-order chi connectivity index (χ1) is 6.98. The Hall–Kier alpha value is -0.0800. The van der Waals surface area contributed by atoms with E-state index in [2.05, 4.69) is 33.0 Å². The van der Waals surface area contributed by atoms with Crippen LogP contribution in [0.3, 0.4) is 0 Å². The highest BCUT2D eigenvalue weighted by molar-refractivity contribution is 5.02. The molecule has 0 aromatic heterocycles. The molecule has 0 aromatic carbocycles. The normalized spacial score (nSPS) is 29.2. The molecule has 90 valence electrons. The maximum atomic E-state index is 5.44. The number of methoxy groups -OCH3 is 1. The van der Waals surface area contributed by atoms with Gasteiger partial charge in [-0.05, 0) is 31.7 Å². The minimum Gasteiger partial charge on any atom is -0.381 e. The molecule has 2 atom stereocenters. The van der Waals surface area contributed by atoms with Gasteiger partial charge in [0.15, 0.2) is 0 Å². The summed E-state index contributed by atoms with van der Waals surface area (Å²) in [5, 5.41) is 3.65. The van der Waals surface area contributed by atoms with Gasteiger partial charge in [-0.1, -0.05) is 27.7 Å². The van der Waals surface area contributed by atoms with Crippen LogP contribution in [0.25, 0.3) is 0 Å². The summed E-state index contributed by atoms with van der Waals surface area (Å²) in [6.07, 6.45) is 4.24. The Balaban J connectivity index is 2.14. The smallest absolute Gasteiger partial charge is 0.0652 e. The summed E-state index contributed by atoms with van der Waals surface area (Å²) >= 11 is 0. The number of ether oxygens (including phenoxy) is 1. The van der Waals surface area contributed by atoms with E-state index in [1.807, 2.05) is 7.11 Å². The van der Waals surface area contributed by atoms with E-state index in [-0.39, 0.29) is 0 Å². The Bertz CT molecular complexity index is 189. The standard InChI is InChI=1S/C13H27NO/c1-10(2)7-6-8-14-11-9-12(15-5)13(11,3)4/h10-12,14H,6-9H2,1-5H3. The van der Waals surface area contributed by atoms with Gasteiger partial charge in [0.25, 0.3) is 0 Å². The molecule has 2 heteroatoms. The zero-order valence-electron chi connectivity index (χ0n) is 11.0. The topological polar surface area (TPSA) is 21.3 Å². The Morgan fingerprint density at radius 1 is 1.40 bits per heavy atom. The van der Waals surface area contributed by atoms with Gasteiger partial charge in [-0.2, -0.15) is 0 Å². The molecule has 0 aromatic rings. The predicted molar refractivity (Wildman–Crippen MR) is 65.1 cm³/mol. The van der Waals surface area contributed by atoms with Gasteiger partial charge in [-0.3, -0.25) is 0 Å². The van der Waals surface area contributed by atoms with Crippen LogP contribution in [-0.4, -0.2) is 25.8 Å². The largest absolute Gasteiger partial charge is 0.381 e. The van der Waals surface area contributed by atoms with Gasteiger partial charge in [0.1, 0.15) is 0 Å². The van der Waals surface area contributed by atoms with Crippen molar-refractivity contribution in [3.8, 4) is 0 Å². The van der Waals surface area contributed by atoms with Crippen molar-refractivity contribution in [2.45, 2.75) is 59.1 Å². The first kappa shape index (κ1) is 13.0. The Morgan fingerprint density at radius 3 is 2.53 bits per heavy atom. The Kier molecular flexibility index (Phi) is 4.60. The van der Waals surface area contributed by atoms with Crippen molar-refractivity contribution in [1.82, 2.24) is 5.32 Å². The van der Waals surface area contributed by atoms with Crippen LogP contribution in [0.5, 0.6) is 0 Å². The van der Waals surface area contributed by atoms with Crippen molar-refractivity contribution in [2.24, 2.45) is 11.3 Å². The molecule has 0 spiro atoms. The van der Waals surface area contributed by atoms with E-state index in [0.717, 1.165) is 12.5 Å².